The van der Waals surface area contributed by atoms with Crippen molar-refractivity contribution in [2.75, 3.05) is 13.2 Å². The van der Waals surface area contributed by atoms with Gasteiger partial charge in [-0.2, -0.15) is 0 Å². The molecule has 0 aliphatic carbocycles. The van der Waals surface area contributed by atoms with Crippen LogP contribution in [-0.4, -0.2) is 43.4 Å². The molecule has 2 N–H and O–H groups in total. The first kappa shape index (κ1) is 26.1. The third-order valence-electron chi connectivity index (χ3n) is 5.42. The molecular weight excluding hydrogens is 523 g/mol. The molecule has 3 aromatic carbocycles. The smallest absolute Gasteiger partial charge is 0.336 e. The standard InChI is InChI=1S/C26H23Cl3N4O3/c27-21-4-2-1-3-19(21)15-33(9-10-34)14-17-5-7-18(8-6-17)16-36-26-30-13-24(31-32-26)20-11-22(28)25(35)23(29)12-20/h1-8,11-13,34-35H,9-10,14-16H2. The Morgan fingerprint density at radius 3 is 2.17 bits per heavy atom. The summed E-state index contributed by atoms with van der Waals surface area (Å²) >= 11 is 18.2. The van der Waals surface area contributed by atoms with E-state index in [0.717, 1.165) is 16.7 Å². The molecule has 1 aromatic heterocycles. The van der Waals surface area contributed by atoms with Crippen LogP contribution in [-0.2, 0) is 19.7 Å². The van der Waals surface area contributed by atoms with Gasteiger partial charge in [0.2, 0.25) is 0 Å². The van der Waals surface area contributed by atoms with E-state index in [4.69, 9.17) is 39.5 Å². The molecule has 0 fully saturated rings. The summed E-state index contributed by atoms with van der Waals surface area (Å²) in [7, 11) is 0. The molecule has 7 nitrogen and oxygen atoms in total. The molecule has 0 amide bonds. The van der Waals surface area contributed by atoms with E-state index in [2.05, 4.69) is 20.1 Å². The van der Waals surface area contributed by atoms with Crippen LogP contribution >= 0.6 is 34.8 Å². The number of aliphatic hydroxyl groups is 1. The van der Waals surface area contributed by atoms with Gasteiger partial charge < -0.3 is 14.9 Å². The number of aromatic hydroxyl groups is 1. The summed E-state index contributed by atoms with van der Waals surface area (Å²) in [5.41, 5.74) is 4.10. The first-order valence-electron chi connectivity index (χ1n) is 11.1. The van der Waals surface area contributed by atoms with E-state index in [1.165, 1.54) is 18.3 Å². The Morgan fingerprint density at radius 2 is 1.53 bits per heavy atom. The molecule has 1 heterocycles. The molecule has 186 valence electrons. The van der Waals surface area contributed by atoms with Gasteiger partial charge in [-0.25, -0.2) is 4.98 Å². The Hall–Kier alpha value is -2.94. The maximum atomic E-state index is 9.70. The minimum absolute atomic E-state index is 0.0655. The van der Waals surface area contributed by atoms with Crippen molar-refractivity contribution in [2.45, 2.75) is 19.7 Å². The van der Waals surface area contributed by atoms with Gasteiger partial charge in [0.15, 0.2) is 5.75 Å². The van der Waals surface area contributed by atoms with Crippen LogP contribution in [0.5, 0.6) is 11.8 Å². The minimum Gasteiger partial charge on any atom is -0.505 e. The lowest BCUT2D eigenvalue weighted by molar-refractivity contribution is 0.184. The zero-order valence-electron chi connectivity index (χ0n) is 19.1. The van der Waals surface area contributed by atoms with Gasteiger partial charge in [0.1, 0.15) is 12.3 Å². The van der Waals surface area contributed by atoms with Gasteiger partial charge in [0, 0.05) is 30.2 Å². The van der Waals surface area contributed by atoms with Crippen molar-refractivity contribution in [1.82, 2.24) is 20.1 Å². The van der Waals surface area contributed by atoms with Crippen LogP contribution in [0.3, 0.4) is 0 Å². The SMILES string of the molecule is OCCN(Cc1ccc(COc2ncc(-c3cc(Cl)c(O)c(Cl)c3)nn2)cc1)Cc1ccccc1Cl. The van der Waals surface area contributed by atoms with Crippen LogP contribution in [0.15, 0.2) is 66.9 Å². The lowest BCUT2D eigenvalue weighted by Crippen LogP contribution is -2.26. The largest absolute Gasteiger partial charge is 0.505 e. The molecular formula is C26H23Cl3N4O3. The fourth-order valence-corrected chi connectivity index (χ4v) is 4.23. The van der Waals surface area contributed by atoms with E-state index in [9.17, 15) is 10.2 Å². The molecule has 0 aliphatic heterocycles. The van der Waals surface area contributed by atoms with Gasteiger partial charge in [-0.1, -0.05) is 82.4 Å². The summed E-state index contributed by atoms with van der Waals surface area (Å²) in [4.78, 5) is 6.33. The predicted octanol–water partition coefficient (Wildman–Crippen LogP) is 5.78. The Bertz CT molecular complexity index is 1280. The molecule has 0 atom stereocenters. The molecule has 0 bridgehead atoms. The Labute approximate surface area is 223 Å². The van der Waals surface area contributed by atoms with E-state index < -0.39 is 0 Å². The molecule has 0 radical (unpaired) electrons. The molecule has 36 heavy (non-hydrogen) atoms. The van der Waals surface area contributed by atoms with E-state index >= 15 is 0 Å². The highest BCUT2D eigenvalue weighted by molar-refractivity contribution is 6.37. The number of aromatic nitrogens is 3. The average molecular weight is 546 g/mol. The fraction of sp³-hybridized carbons (Fsp3) is 0.192. The highest BCUT2D eigenvalue weighted by Crippen LogP contribution is 2.35. The number of rotatable bonds is 10. The zero-order chi connectivity index (χ0) is 25.5. The fourth-order valence-electron chi connectivity index (χ4n) is 3.55. The number of halogens is 3. The monoisotopic (exact) mass is 544 g/mol. The van der Waals surface area contributed by atoms with Crippen molar-refractivity contribution >= 4 is 34.8 Å². The second-order valence-corrected chi connectivity index (χ2v) is 9.27. The van der Waals surface area contributed by atoms with Crippen LogP contribution in [0.1, 0.15) is 16.7 Å². The Kier molecular flexibility index (Phi) is 8.96. The topological polar surface area (TPSA) is 91.6 Å². The predicted molar refractivity (Wildman–Crippen MR) is 140 cm³/mol. The van der Waals surface area contributed by atoms with E-state index in [1.807, 2.05) is 48.5 Å². The van der Waals surface area contributed by atoms with Crippen LogP contribution in [0, 0.1) is 0 Å². The summed E-state index contributed by atoms with van der Waals surface area (Å²) in [6, 6.07) is 18.9. The van der Waals surface area contributed by atoms with Gasteiger partial charge in [0.25, 0.3) is 0 Å². The van der Waals surface area contributed by atoms with Crippen LogP contribution in [0.25, 0.3) is 11.3 Å². The molecule has 0 saturated heterocycles. The highest BCUT2D eigenvalue weighted by Gasteiger charge is 2.12. The van der Waals surface area contributed by atoms with Crippen molar-refractivity contribution in [3.8, 4) is 23.0 Å². The summed E-state index contributed by atoms with van der Waals surface area (Å²) in [5, 5.41) is 28.2. The van der Waals surface area contributed by atoms with Gasteiger partial charge in [-0.15, -0.1) is 5.10 Å². The first-order valence-corrected chi connectivity index (χ1v) is 12.2. The van der Waals surface area contributed by atoms with Crippen LogP contribution in [0.2, 0.25) is 15.1 Å². The van der Waals surface area contributed by atoms with Gasteiger partial charge >= 0.3 is 6.01 Å². The Balaban J connectivity index is 1.34. The number of ether oxygens (including phenoxy) is 1. The van der Waals surface area contributed by atoms with Crippen LogP contribution in [0.4, 0.5) is 0 Å². The number of phenols is 1. The van der Waals surface area contributed by atoms with Crippen molar-refractivity contribution in [3.05, 3.63) is 98.6 Å². The van der Waals surface area contributed by atoms with E-state index in [0.29, 0.717) is 35.9 Å². The Morgan fingerprint density at radius 1 is 0.833 bits per heavy atom. The number of phenolic OH excluding ortho intramolecular Hbond substituents is 1. The van der Waals surface area contributed by atoms with Gasteiger partial charge in [-0.05, 0) is 34.9 Å². The lowest BCUT2D eigenvalue weighted by Gasteiger charge is -2.22. The van der Waals surface area contributed by atoms with Crippen molar-refractivity contribution < 1.29 is 14.9 Å². The van der Waals surface area contributed by atoms with Crippen molar-refractivity contribution in [2.24, 2.45) is 0 Å². The third kappa shape index (κ3) is 6.84. The number of nitrogens with zero attached hydrogens (tertiary/aromatic N) is 4. The summed E-state index contributed by atoms with van der Waals surface area (Å²) < 4.78 is 5.67. The normalized spacial score (nSPS) is 11.1. The zero-order valence-corrected chi connectivity index (χ0v) is 21.4. The molecule has 0 unspecified atom stereocenters. The highest BCUT2D eigenvalue weighted by atomic mass is 35.5. The molecule has 4 aromatic rings. The van der Waals surface area contributed by atoms with E-state index in [1.54, 1.807) is 0 Å². The first-order chi connectivity index (χ1) is 17.4. The van der Waals surface area contributed by atoms with Crippen molar-refractivity contribution in [3.63, 3.8) is 0 Å². The number of benzene rings is 3. The van der Waals surface area contributed by atoms with Gasteiger partial charge in [-0.3, -0.25) is 4.90 Å². The third-order valence-corrected chi connectivity index (χ3v) is 6.36. The van der Waals surface area contributed by atoms with Gasteiger partial charge in [0.05, 0.1) is 22.8 Å². The number of hydrogen-bond acceptors (Lipinski definition) is 7. The summed E-state index contributed by atoms with van der Waals surface area (Å²) in [6.45, 7) is 2.20. The number of hydrogen-bond donors (Lipinski definition) is 2. The lowest BCUT2D eigenvalue weighted by atomic mass is 10.1. The average Bonchev–Trinajstić information content (AvgIpc) is 2.88. The second-order valence-electron chi connectivity index (χ2n) is 8.05. The maximum Gasteiger partial charge on any atom is 0.336 e. The maximum absolute atomic E-state index is 9.70. The summed E-state index contributed by atoms with van der Waals surface area (Å²) in [6.07, 6.45) is 1.50. The summed E-state index contributed by atoms with van der Waals surface area (Å²) in [5.74, 6) is -0.185. The van der Waals surface area contributed by atoms with Crippen LogP contribution < -0.4 is 4.74 Å². The number of aliphatic hydroxyl groups excluding tert-OH is 1. The molecule has 0 aliphatic rings. The molecule has 0 spiro atoms. The molecule has 10 heteroatoms. The minimum atomic E-state index is -0.185. The second kappa shape index (κ2) is 12.3. The van der Waals surface area contributed by atoms with E-state index in [-0.39, 0.29) is 35.0 Å². The quantitative estimate of drug-likeness (QED) is 0.261. The van der Waals surface area contributed by atoms with Crippen molar-refractivity contribution in [1.29, 1.82) is 0 Å². The molecule has 0 saturated carbocycles. The molecule has 4 rings (SSSR count).